The smallest absolute Gasteiger partial charge is 0.129 e. The predicted octanol–water partition coefficient (Wildman–Crippen LogP) is 2.98. The minimum Gasteiger partial charge on any atom is -0.387 e. The molecular weight excluding hydrogens is 249 g/mol. The summed E-state index contributed by atoms with van der Waals surface area (Å²) in [4.78, 5) is 0. The highest BCUT2D eigenvalue weighted by molar-refractivity contribution is 7.99. The average molecular weight is 271 g/mol. The summed E-state index contributed by atoms with van der Waals surface area (Å²) in [5, 5.41) is 13.2. The highest BCUT2D eigenvalue weighted by atomic mass is 32.2. The van der Waals surface area contributed by atoms with Crippen molar-refractivity contribution in [2.45, 2.75) is 32.4 Å². The van der Waals surface area contributed by atoms with Crippen molar-refractivity contribution in [1.82, 2.24) is 5.32 Å². The first kappa shape index (κ1) is 15.5. The first-order valence-corrected chi connectivity index (χ1v) is 7.54. The Morgan fingerprint density at radius 3 is 2.78 bits per heavy atom. The third kappa shape index (κ3) is 5.38. The maximum Gasteiger partial charge on any atom is 0.129 e. The minimum atomic E-state index is -0.785. The summed E-state index contributed by atoms with van der Waals surface area (Å²) >= 11 is 1.91. The molecule has 0 bridgehead atoms. The van der Waals surface area contributed by atoms with E-state index in [0.717, 1.165) is 17.9 Å². The van der Waals surface area contributed by atoms with Crippen LogP contribution in [0.3, 0.4) is 0 Å². The van der Waals surface area contributed by atoms with Crippen molar-refractivity contribution in [2.75, 3.05) is 18.1 Å². The lowest BCUT2D eigenvalue weighted by molar-refractivity contribution is 0.166. The van der Waals surface area contributed by atoms with Gasteiger partial charge in [0.2, 0.25) is 0 Å². The van der Waals surface area contributed by atoms with E-state index in [1.165, 1.54) is 6.07 Å². The summed E-state index contributed by atoms with van der Waals surface area (Å²) in [6.07, 6.45) is 0.273. The number of nitrogens with one attached hydrogen (secondary N) is 1. The third-order valence-electron chi connectivity index (χ3n) is 2.82. The van der Waals surface area contributed by atoms with Gasteiger partial charge in [-0.15, -0.1) is 0 Å². The zero-order chi connectivity index (χ0) is 13.4. The molecule has 102 valence electrons. The number of aliphatic hydroxyl groups excluding tert-OH is 1. The van der Waals surface area contributed by atoms with E-state index >= 15 is 0 Å². The molecule has 0 radical (unpaired) electrons. The molecule has 0 aliphatic carbocycles. The van der Waals surface area contributed by atoms with Gasteiger partial charge in [-0.3, -0.25) is 0 Å². The molecule has 2 atom stereocenters. The van der Waals surface area contributed by atoms with Gasteiger partial charge in [0.15, 0.2) is 0 Å². The van der Waals surface area contributed by atoms with Crippen molar-refractivity contribution in [1.29, 1.82) is 0 Å². The van der Waals surface area contributed by atoms with Gasteiger partial charge in [-0.05, 0) is 30.9 Å². The van der Waals surface area contributed by atoms with Gasteiger partial charge < -0.3 is 10.4 Å². The molecule has 1 aromatic rings. The van der Waals surface area contributed by atoms with E-state index in [2.05, 4.69) is 19.2 Å². The molecule has 2 N–H and O–H groups in total. The van der Waals surface area contributed by atoms with Crippen molar-refractivity contribution in [3.05, 3.63) is 35.6 Å². The van der Waals surface area contributed by atoms with E-state index in [1.807, 2.05) is 11.8 Å². The van der Waals surface area contributed by atoms with Gasteiger partial charge >= 0.3 is 0 Å². The maximum atomic E-state index is 13.4. The second-order valence-corrected chi connectivity index (χ2v) is 5.73. The molecule has 1 aromatic carbocycles. The standard InChI is InChI=1S/C14H22FNOS/c1-3-18-9-8-11(2)16-10-14(17)12-6-4-5-7-13(12)15/h4-7,11,14,16-17H,3,8-10H2,1-2H3. The molecule has 0 fully saturated rings. The highest BCUT2D eigenvalue weighted by Gasteiger charge is 2.12. The van der Waals surface area contributed by atoms with Crippen LogP contribution in [0, 0.1) is 5.82 Å². The fourth-order valence-electron chi connectivity index (χ4n) is 1.67. The highest BCUT2D eigenvalue weighted by Crippen LogP contribution is 2.16. The average Bonchev–Trinajstić information content (AvgIpc) is 2.37. The van der Waals surface area contributed by atoms with E-state index in [-0.39, 0.29) is 5.82 Å². The van der Waals surface area contributed by atoms with Gasteiger partial charge in [0.05, 0.1) is 6.10 Å². The first-order chi connectivity index (χ1) is 8.65. The summed E-state index contributed by atoms with van der Waals surface area (Å²) in [7, 11) is 0. The Balaban J connectivity index is 2.32. The number of aliphatic hydroxyl groups is 1. The van der Waals surface area contributed by atoms with Gasteiger partial charge in [0, 0.05) is 18.2 Å². The second kappa shape index (κ2) is 8.51. The Labute approximate surface area is 113 Å². The van der Waals surface area contributed by atoms with Crippen molar-refractivity contribution < 1.29 is 9.50 Å². The van der Waals surface area contributed by atoms with Gasteiger partial charge in [0.1, 0.15) is 5.82 Å². The summed E-state index contributed by atoms with van der Waals surface area (Å²) in [5.41, 5.74) is 0.361. The van der Waals surface area contributed by atoms with Crippen LogP contribution in [0.5, 0.6) is 0 Å². The lowest BCUT2D eigenvalue weighted by atomic mass is 10.1. The summed E-state index contributed by atoms with van der Waals surface area (Å²) in [5.74, 6) is 1.89. The summed E-state index contributed by atoms with van der Waals surface area (Å²) in [6.45, 7) is 4.62. The number of halogens is 1. The topological polar surface area (TPSA) is 32.3 Å². The van der Waals surface area contributed by atoms with Crippen molar-refractivity contribution in [3.63, 3.8) is 0 Å². The quantitative estimate of drug-likeness (QED) is 0.713. The number of thioether (sulfide) groups is 1. The predicted molar refractivity (Wildman–Crippen MR) is 76.4 cm³/mol. The monoisotopic (exact) mass is 271 g/mol. The molecule has 0 aliphatic rings. The SMILES string of the molecule is CCSCCC(C)NCC(O)c1ccccc1F. The lowest BCUT2D eigenvalue weighted by Crippen LogP contribution is -2.31. The molecule has 18 heavy (non-hydrogen) atoms. The van der Waals surface area contributed by atoms with Crippen LogP contribution in [0.1, 0.15) is 31.9 Å². The van der Waals surface area contributed by atoms with Crippen LogP contribution < -0.4 is 5.32 Å². The van der Waals surface area contributed by atoms with Crippen LogP contribution in [-0.2, 0) is 0 Å². The first-order valence-electron chi connectivity index (χ1n) is 6.38. The van der Waals surface area contributed by atoms with E-state index in [4.69, 9.17) is 0 Å². The van der Waals surface area contributed by atoms with E-state index in [0.29, 0.717) is 18.2 Å². The van der Waals surface area contributed by atoms with Crippen LogP contribution >= 0.6 is 11.8 Å². The Morgan fingerprint density at radius 1 is 1.39 bits per heavy atom. The lowest BCUT2D eigenvalue weighted by Gasteiger charge is -2.17. The largest absolute Gasteiger partial charge is 0.387 e. The van der Waals surface area contributed by atoms with Gasteiger partial charge in [-0.1, -0.05) is 25.1 Å². The molecule has 0 saturated carbocycles. The van der Waals surface area contributed by atoms with Crippen molar-refractivity contribution >= 4 is 11.8 Å². The molecule has 2 nitrogen and oxygen atoms in total. The number of hydrogen-bond acceptors (Lipinski definition) is 3. The maximum absolute atomic E-state index is 13.4. The molecule has 0 heterocycles. The van der Waals surface area contributed by atoms with Crippen LogP contribution in [0.25, 0.3) is 0 Å². The van der Waals surface area contributed by atoms with E-state index < -0.39 is 6.10 Å². The zero-order valence-corrected chi connectivity index (χ0v) is 11.8. The second-order valence-electron chi connectivity index (χ2n) is 4.33. The fraction of sp³-hybridized carbons (Fsp3) is 0.571. The van der Waals surface area contributed by atoms with Gasteiger partial charge in [-0.25, -0.2) is 4.39 Å². The number of rotatable bonds is 8. The minimum absolute atomic E-state index is 0.338. The summed E-state index contributed by atoms with van der Waals surface area (Å²) in [6, 6.07) is 6.71. The molecule has 2 unspecified atom stereocenters. The Hall–Kier alpha value is -0.580. The van der Waals surface area contributed by atoms with Gasteiger partial charge in [-0.2, -0.15) is 11.8 Å². The molecule has 1 rings (SSSR count). The molecule has 0 saturated heterocycles. The number of hydrogen-bond donors (Lipinski definition) is 2. The van der Waals surface area contributed by atoms with Crippen LogP contribution in [0.15, 0.2) is 24.3 Å². The van der Waals surface area contributed by atoms with E-state index in [9.17, 15) is 9.50 Å². The normalized spacial score (nSPS) is 14.4. The summed E-state index contributed by atoms with van der Waals surface area (Å²) < 4.78 is 13.4. The molecule has 0 spiro atoms. The molecule has 4 heteroatoms. The molecule has 0 amide bonds. The molecule has 0 aliphatic heterocycles. The van der Waals surface area contributed by atoms with Crippen molar-refractivity contribution in [3.8, 4) is 0 Å². The van der Waals surface area contributed by atoms with Crippen LogP contribution in [-0.4, -0.2) is 29.2 Å². The molecule has 0 aromatic heterocycles. The zero-order valence-electron chi connectivity index (χ0n) is 11.0. The third-order valence-corrected chi connectivity index (χ3v) is 3.76. The van der Waals surface area contributed by atoms with Crippen LogP contribution in [0.2, 0.25) is 0 Å². The molecular formula is C14H22FNOS. The number of benzene rings is 1. The van der Waals surface area contributed by atoms with Gasteiger partial charge in [0.25, 0.3) is 0 Å². The Kier molecular flexibility index (Phi) is 7.32. The Morgan fingerprint density at radius 2 is 2.11 bits per heavy atom. The van der Waals surface area contributed by atoms with Crippen LogP contribution in [0.4, 0.5) is 4.39 Å². The fourth-order valence-corrected chi connectivity index (χ4v) is 2.48. The Bertz CT molecular complexity index is 348. The van der Waals surface area contributed by atoms with Crippen molar-refractivity contribution in [2.24, 2.45) is 0 Å². The van der Waals surface area contributed by atoms with E-state index in [1.54, 1.807) is 18.2 Å².